The lowest BCUT2D eigenvalue weighted by molar-refractivity contribution is -0.121. The van der Waals surface area contributed by atoms with Crippen molar-refractivity contribution < 1.29 is 9.53 Å². The molecular weight excluding hydrogens is 216 g/mol. The van der Waals surface area contributed by atoms with E-state index in [0.717, 1.165) is 37.2 Å². The molecule has 1 aliphatic rings. The summed E-state index contributed by atoms with van der Waals surface area (Å²) in [5.41, 5.74) is 0.923. The molecule has 4 nitrogen and oxygen atoms in total. The van der Waals surface area contributed by atoms with Gasteiger partial charge in [0.15, 0.2) is 0 Å². The summed E-state index contributed by atoms with van der Waals surface area (Å²) in [4.78, 5) is 11.8. The van der Waals surface area contributed by atoms with Crippen LogP contribution in [0.1, 0.15) is 19.3 Å². The third-order valence-electron chi connectivity index (χ3n) is 2.95. The molecule has 1 aromatic rings. The summed E-state index contributed by atoms with van der Waals surface area (Å²) >= 11 is 0. The molecule has 1 amide bonds. The number of amides is 1. The summed E-state index contributed by atoms with van der Waals surface area (Å²) in [5, 5.41) is 6.16. The summed E-state index contributed by atoms with van der Waals surface area (Å²) in [6, 6.07) is 7.51. The Morgan fingerprint density at radius 3 is 3.12 bits per heavy atom. The van der Waals surface area contributed by atoms with E-state index >= 15 is 0 Å². The van der Waals surface area contributed by atoms with Gasteiger partial charge in [0, 0.05) is 18.3 Å². The number of carbonyl (C=O) groups excluding carboxylic acids is 1. The van der Waals surface area contributed by atoms with Gasteiger partial charge < -0.3 is 15.4 Å². The first kappa shape index (κ1) is 11.8. The number of carbonyl (C=O) groups is 1. The maximum atomic E-state index is 11.8. The van der Waals surface area contributed by atoms with E-state index < -0.39 is 0 Å². The Morgan fingerprint density at radius 1 is 1.41 bits per heavy atom. The van der Waals surface area contributed by atoms with E-state index in [1.807, 2.05) is 24.3 Å². The first-order valence-electron chi connectivity index (χ1n) is 5.98. The molecule has 0 radical (unpaired) electrons. The number of hydrogen-bond acceptors (Lipinski definition) is 3. The predicted molar refractivity (Wildman–Crippen MR) is 67.3 cm³/mol. The number of benzene rings is 1. The van der Waals surface area contributed by atoms with Crippen molar-refractivity contribution in [1.29, 1.82) is 0 Å². The van der Waals surface area contributed by atoms with E-state index in [-0.39, 0.29) is 11.9 Å². The zero-order chi connectivity index (χ0) is 12.1. The van der Waals surface area contributed by atoms with Crippen molar-refractivity contribution in [3.63, 3.8) is 0 Å². The number of hydrogen-bond donors (Lipinski definition) is 2. The predicted octanol–water partition coefficient (Wildman–Crippen LogP) is 1.78. The third kappa shape index (κ3) is 3.12. The lowest BCUT2D eigenvalue weighted by atomic mass is 10.1. The lowest BCUT2D eigenvalue weighted by Gasteiger charge is -2.16. The maximum Gasteiger partial charge on any atom is 0.242 e. The Labute approximate surface area is 101 Å². The van der Waals surface area contributed by atoms with Gasteiger partial charge in [0.2, 0.25) is 5.91 Å². The molecule has 0 aromatic heterocycles. The van der Waals surface area contributed by atoms with E-state index in [9.17, 15) is 4.79 Å². The highest BCUT2D eigenvalue weighted by molar-refractivity contribution is 5.84. The monoisotopic (exact) mass is 234 g/mol. The first-order valence-corrected chi connectivity index (χ1v) is 5.98. The molecule has 2 rings (SSSR count). The second-order valence-electron chi connectivity index (χ2n) is 4.22. The Balaban J connectivity index is 2.05. The zero-order valence-electron chi connectivity index (χ0n) is 10.0. The smallest absolute Gasteiger partial charge is 0.242 e. The second kappa shape index (κ2) is 5.57. The number of nitrogens with one attached hydrogen (secondary N) is 2. The van der Waals surface area contributed by atoms with Crippen LogP contribution in [0.3, 0.4) is 0 Å². The highest BCUT2D eigenvalue weighted by Crippen LogP contribution is 2.19. The highest BCUT2D eigenvalue weighted by Gasteiger charge is 2.20. The van der Waals surface area contributed by atoms with Gasteiger partial charge in [0.25, 0.3) is 0 Å². The Bertz CT molecular complexity index is 393. The summed E-state index contributed by atoms with van der Waals surface area (Å²) in [5.74, 6) is 0.884. The van der Waals surface area contributed by atoms with Gasteiger partial charge in [-0.25, -0.2) is 0 Å². The molecular formula is C13H18N2O2. The molecule has 1 unspecified atom stereocenters. The van der Waals surface area contributed by atoms with Crippen molar-refractivity contribution in [3.05, 3.63) is 24.3 Å². The quantitative estimate of drug-likeness (QED) is 0.838. The van der Waals surface area contributed by atoms with Crippen LogP contribution in [0.5, 0.6) is 5.75 Å². The fraction of sp³-hybridized carbons (Fsp3) is 0.462. The molecule has 4 heteroatoms. The van der Waals surface area contributed by atoms with Gasteiger partial charge >= 0.3 is 0 Å². The van der Waals surface area contributed by atoms with Crippen LogP contribution in [0, 0.1) is 0 Å². The molecule has 0 bridgehead atoms. The minimum Gasteiger partial charge on any atom is -0.497 e. The molecule has 1 atom stereocenters. The van der Waals surface area contributed by atoms with Crippen LogP contribution in [0.15, 0.2) is 24.3 Å². The fourth-order valence-electron chi connectivity index (χ4n) is 1.99. The van der Waals surface area contributed by atoms with Crippen LogP contribution in [-0.4, -0.2) is 25.6 Å². The fourth-order valence-corrected chi connectivity index (χ4v) is 1.99. The van der Waals surface area contributed by atoms with Gasteiger partial charge in [-0.2, -0.15) is 0 Å². The topological polar surface area (TPSA) is 50.4 Å². The second-order valence-corrected chi connectivity index (χ2v) is 4.22. The molecule has 0 spiro atoms. The third-order valence-corrected chi connectivity index (χ3v) is 2.95. The van der Waals surface area contributed by atoms with Crippen molar-refractivity contribution >= 4 is 11.6 Å². The SMILES string of the molecule is COc1cccc(NC2CCCCNC2=O)c1. The Kier molecular flexibility index (Phi) is 3.85. The van der Waals surface area contributed by atoms with Crippen molar-refractivity contribution in [2.75, 3.05) is 19.0 Å². The Hall–Kier alpha value is -1.71. The van der Waals surface area contributed by atoms with E-state index in [4.69, 9.17) is 4.74 Å². The number of methoxy groups -OCH3 is 1. The average Bonchev–Trinajstić information content (AvgIpc) is 2.55. The van der Waals surface area contributed by atoms with Gasteiger partial charge in [-0.1, -0.05) is 6.07 Å². The summed E-state index contributed by atoms with van der Waals surface area (Å²) in [7, 11) is 1.64. The van der Waals surface area contributed by atoms with Crippen LogP contribution in [0.25, 0.3) is 0 Å². The van der Waals surface area contributed by atoms with Crippen LogP contribution >= 0.6 is 0 Å². The molecule has 1 saturated heterocycles. The number of ether oxygens (including phenoxy) is 1. The van der Waals surface area contributed by atoms with Crippen molar-refractivity contribution in [2.24, 2.45) is 0 Å². The van der Waals surface area contributed by atoms with E-state index in [1.165, 1.54) is 0 Å². The van der Waals surface area contributed by atoms with Crippen LogP contribution < -0.4 is 15.4 Å². The minimum atomic E-state index is -0.135. The first-order chi connectivity index (χ1) is 8.29. The molecule has 2 N–H and O–H groups in total. The van der Waals surface area contributed by atoms with Crippen LogP contribution in [0.2, 0.25) is 0 Å². The zero-order valence-corrected chi connectivity index (χ0v) is 10.0. The molecule has 1 heterocycles. The van der Waals surface area contributed by atoms with Gasteiger partial charge in [0.1, 0.15) is 11.8 Å². The van der Waals surface area contributed by atoms with E-state index in [2.05, 4.69) is 10.6 Å². The molecule has 0 aliphatic carbocycles. The highest BCUT2D eigenvalue weighted by atomic mass is 16.5. The van der Waals surface area contributed by atoms with Gasteiger partial charge in [0.05, 0.1) is 7.11 Å². The van der Waals surface area contributed by atoms with Crippen molar-refractivity contribution in [1.82, 2.24) is 5.32 Å². The Morgan fingerprint density at radius 2 is 2.29 bits per heavy atom. The molecule has 1 aromatic carbocycles. The minimum absolute atomic E-state index is 0.0883. The summed E-state index contributed by atoms with van der Waals surface area (Å²) in [6.45, 7) is 0.787. The molecule has 0 saturated carbocycles. The lowest BCUT2D eigenvalue weighted by Crippen LogP contribution is -2.37. The number of anilines is 1. The molecule has 17 heavy (non-hydrogen) atoms. The molecule has 1 fully saturated rings. The van der Waals surface area contributed by atoms with Gasteiger partial charge in [-0.05, 0) is 31.4 Å². The maximum absolute atomic E-state index is 11.8. The van der Waals surface area contributed by atoms with Gasteiger partial charge in [-0.3, -0.25) is 4.79 Å². The number of rotatable bonds is 3. The van der Waals surface area contributed by atoms with Crippen LogP contribution in [0.4, 0.5) is 5.69 Å². The van der Waals surface area contributed by atoms with Crippen molar-refractivity contribution in [3.8, 4) is 5.75 Å². The normalized spacial score (nSPS) is 20.3. The standard InChI is InChI=1S/C13H18N2O2/c1-17-11-6-4-5-10(9-11)15-12-7-2-3-8-14-13(12)16/h4-6,9,12,15H,2-3,7-8H2,1H3,(H,14,16). The van der Waals surface area contributed by atoms with Gasteiger partial charge in [-0.15, -0.1) is 0 Å². The summed E-state index contributed by atoms with van der Waals surface area (Å²) < 4.78 is 5.15. The largest absolute Gasteiger partial charge is 0.497 e. The van der Waals surface area contributed by atoms with E-state index in [0.29, 0.717) is 0 Å². The van der Waals surface area contributed by atoms with Crippen LogP contribution in [-0.2, 0) is 4.79 Å². The van der Waals surface area contributed by atoms with E-state index in [1.54, 1.807) is 7.11 Å². The summed E-state index contributed by atoms with van der Waals surface area (Å²) in [6.07, 6.45) is 3.01. The molecule has 1 aliphatic heterocycles. The average molecular weight is 234 g/mol. The molecule has 92 valence electrons. The van der Waals surface area contributed by atoms with Crippen molar-refractivity contribution in [2.45, 2.75) is 25.3 Å².